The van der Waals surface area contributed by atoms with Gasteiger partial charge in [0.1, 0.15) is 11.9 Å². The lowest BCUT2D eigenvalue weighted by atomic mass is 9.77. The van der Waals surface area contributed by atoms with Crippen LogP contribution in [-0.2, 0) is 30.8 Å². The Hall–Kier alpha value is -3.75. The fourth-order valence-corrected chi connectivity index (χ4v) is 10.4. The predicted molar refractivity (Wildman–Crippen MR) is 223 cm³/mol. The number of allylic oxidation sites excluding steroid dienone is 1. The minimum absolute atomic E-state index is 0.0596. The maximum Gasteiger partial charge on any atom is 0.240 e. The maximum atomic E-state index is 15.0. The summed E-state index contributed by atoms with van der Waals surface area (Å²) in [6.45, 7) is 9.82. The van der Waals surface area contributed by atoms with E-state index >= 15 is 0 Å². The van der Waals surface area contributed by atoms with E-state index in [0.717, 1.165) is 16.0 Å². The number of Topliss-reactive ketones (excluding diaryl/α,β-unsaturated/α-hetero) is 1. The van der Waals surface area contributed by atoms with Crippen molar-refractivity contribution in [2.75, 3.05) is 13.7 Å². The van der Waals surface area contributed by atoms with Crippen molar-refractivity contribution in [3.63, 3.8) is 0 Å². The molecule has 2 aromatic heterocycles. The molecule has 1 aliphatic heterocycles. The Morgan fingerprint density at radius 1 is 1.11 bits per heavy atom. The van der Waals surface area contributed by atoms with Gasteiger partial charge in [-0.25, -0.2) is 18.4 Å². The number of thiazole rings is 1. The molecule has 4 aromatic rings. The lowest BCUT2D eigenvalue weighted by Gasteiger charge is -2.35. The molecule has 0 radical (unpaired) electrons. The highest BCUT2D eigenvalue weighted by Crippen LogP contribution is 2.57. The van der Waals surface area contributed by atoms with Crippen LogP contribution in [-0.4, -0.2) is 71.9 Å². The second kappa shape index (κ2) is 15.8. The van der Waals surface area contributed by atoms with Crippen LogP contribution in [0, 0.1) is 22.7 Å². The molecule has 1 N–H and O–H groups in total. The topological polar surface area (TPSA) is 145 Å². The summed E-state index contributed by atoms with van der Waals surface area (Å²) in [7, 11) is -2.32. The van der Waals surface area contributed by atoms with E-state index in [1.165, 1.54) is 11.3 Å². The van der Waals surface area contributed by atoms with Crippen molar-refractivity contribution in [1.29, 1.82) is 0 Å². The smallest absolute Gasteiger partial charge is 0.240 e. The number of hydrogen-bond donors (Lipinski definition) is 1. The molecule has 7 rings (SSSR count). The minimum Gasteiger partial charge on any atom is -0.494 e. The molecule has 0 unspecified atom stereocenters. The van der Waals surface area contributed by atoms with E-state index in [-0.39, 0.29) is 43.4 Å². The van der Waals surface area contributed by atoms with Crippen LogP contribution in [0.25, 0.3) is 22.0 Å². The van der Waals surface area contributed by atoms with E-state index in [2.05, 4.69) is 16.3 Å². The van der Waals surface area contributed by atoms with E-state index < -0.39 is 56.0 Å². The molecule has 3 aliphatic rings. The molecule has 0 spiro atoms. The van der Waals surface area contributed by atoms with Gasteiger partial charge in [-0.2, -0.15) is 0 Å². The SMILES string of the molecule is C=C[C@@H]1C[C@]1(CC(=O)[C@@H]1C[C@@H](Oc2ncc(OC)c3ccc(Cl)cc23)CN1C(=O)[C@@H](Cc1nc(-c2ccc(Cl)c(Cl)c2)cs1)C(C)(C)C)C(=O)NS(=O)(=O)C1CC1. The number of carbonyl (C=O) groups excluding carboxylic acids is 3. The van der Waals surface area contributed by atoms with E-state index in [0.29, 0.717) is 51.2 Å². The molecule has 3 heterocycles. The number of aromatic nitrogens is 2. The number of benzene rings is 2. The predicted octanol–water partition coefficient (Wildman–Crippen LogP) is 8.34. The van der Waals surface area contributed by atoms with Gasteiger partial charge in [0.2, 0.25) is 27.7 Å². The molecule has 1 saturated heterocycles. The highest BCUT2D eigenvalue weighted by Gasteiger charge is 2.61. The van der Waals surface area contributed by atoms with Crippen LogP contribution >= 0.6 is 46.1 Å². The number of likely N-dealkylation sites (tertiary alicyclic amines) is 1. The van der Waals surface area contributed by atoms with Gasteiger partial charge in [0, 0.05) is 51.9 Å². The van der Waals surface area contributed by atoms with Crippen LogP contribution in [0.4, 0.5) is 0 Å². The second-order valence-corrected chi connectivity index (χ2v) is 20.4. The van der Waals surface area contributed by atoms with Gasteiger partial charge in [-0.15, -0.1) is 17.9 Å². The molecular weight excluding hydrogens is 831 g/mol. The first-order valence-corrected chi connectivity index (χ1v) is 22.2. The molecule has 2 aromatic carbocycles. The summed E-state index contributed by atoms with van der Waals surface area (Å²) >= 11 is 20.2. The van der Waals surface area contributed by atoms with Crippen molar-refractivity contribution in [2.45, 2.75) is 76.7 Å². The monoisotopic (exact) mass is 872 g/mol. The fourth-order valence-electron chi connectivity index (χ4n) is 7.65. The molecule has 5 atom stereocenters. The van der Waals surface area contributed by atoms with Gasteiger partial charge in [-0.05, 0) is 60.9 Å². The molecular formula is C41H43Cl3N4O7S2. The maximum absolute atomic E-state index is 15.0. The third kappa shape index (κ3) is 8.55. The van der Waals surface area contributed by atoms with Crippen LogP contribution in [0.15, 0.2) is 60.6 Å². The van der Waals surface area contributed by atoms with E-state index in [9.17, 15) is 22.8 Å². The lowest BCUT2D eigenvalue weighted by Crippen LogP contribution is -2.48. The highest BCUT2D eigenvalue weighted by atomic mass is 35.5. The Labute approximate surface area is 351 Å². The molecule has 11 nitrogen and oxygen atoms in total. The summed E-state index contributed by atoms with van der Waals surface area (Å²) in [5, 5.41) is 4.65. The van der Waals surface area contributed by atoms with E-state index in [4.69, 9.17) is 49.3 Å². The standard InChI is InChI=1S/C41H43Cl3N4O7S2/c1-6-23-17-41(23,39(51)47-57(52,53)26-9-10-26)18-34(49)33-15-25(55-37-28-14-24(42)8-11-27(28)35(54-5)19-45-37)20-48(33)38(50)29(40(2,3)4)16-36-46-32(21-56-36)22-7-12-30(43)31(44)13-22/h6-8,11-14,19,21,23,25-26,29,33H,1,9-10,15-18,20H2,2-5H3,(H,47,51)/t23-,25-,29-,33+,41-/m1/s1. The second-order valence-electron chi connectivity index (χ2n) is 16.2. The molecule has 3 fully saturated rings. The van der Waals surface area contributed by atoms with Gasteiger partial charge in [0.15, 0.2) is 5.78 Å². The molecule has 2 aliphatic carbocycles. The van der Waals surface area contributed by atoms with Crippen molar-refractivity contribution in [3.05, 3.63) is 80.7 Å². The van der Waals surface area contributed by atoms with Gasteiger partial charge in [0.25, 0.3) is 0 Å². The van der Waals surface area contributed by atoms with E-state index in [1.807, 2.05) is 32.2 Å². The van der Waals surface area contributed by atoms with Gasteiger partial charge in [0.05, 0.1) is 57.3 Å². The lowest BCUT2D eigenvalue weighted by molar-refractivity contribution is -0.144. The van der Waals surface area contributed by atoms with Crippen molar-refractivity contribution in [3.8, 4) is 22.9 Å². The van der Waals surface area contributed by atoms with Crippen LogP contribution in [0.2, 0.25) is 15.1 Å². The van der Waals surface area contributed by atoms with Gasteiger partial charge in [-0.1, -0.05) is 67.7 Å². The minimum atomic E-state index is -3.86. The molecule has 2 amide bonds. The summed E-state index contributed by atoms with van der Waals surface area (Å²) < 4.78 is 39.9. The largest absolute Gasteiger partial charge is 0.494 e. The summed E-state index contributed by atoms with van der Waals surface area (Å²) in [4.78, 5) is 54.1. The number of nitrogens with zero attached hydrogens (tertiary/aromatic N) is 3. The Morgan fingerprint density at radius 3 is 2.51 bits per heavy atom. The Kier molecular flexibility index (Phi) is 11.5. The van der Waals surface area contributed by atoms with Crippen molar-refractivity contribution in [2.24, 2.45) is 22.7 Å². The number of ketones is 1. The summed E-state index contributed by atoms with van der Waals surface area (Å²) in [6.07, 6.45) is 3.85. The third-order valence-electron chi connectivity index (χ3n) is 11.2. The molecule has 16 heteroatoms. The zero-order valence-corrected chi connectivity index (χ0v) is 35.8. The van der Waals surface area contributed by atoms with Gasteiger partial charge >= 0.3 is 0 Å². The van der Waals surface area contributed by atoms with Crippen molar-refractivity contribution in [1.82, 2.24) is 19.6 Å². The average molecular weight is 874 g/mol. The zero-order valence-electron chi connectivity index (χ0n) is 31.9. The number of methoxy groups -OCH3 is 1. The number of halogens is 3. The number of fused-ring (bicyclic) bond motifs is 1. The molecule has 0 bridgehead atoms. The van der Waals surface area contributed by atoms with E-state index in [1.54, 1.807) is 54.6 Å². The van der Waals surface area contributed by atoms with Crippen molar-refractivity contribution >= 4 is 84.5 Å². The first kappa shape index (κ1) is 41.4. The first-order chi connectivity index (χ1) is 26.9. The number of ether oxygens (including phenoxy) is 2. The highest BCUT2D eigenvalue weighted by molar-refractivity contribution is 7.90. The number of rotatable bonds is 14. The zero-order chi connectivity index (χ0) is 41.0. The fraction of sp³-hybridized carbons (Fsp3) is 0.439. The Balaban J connectivity index is 1.19. The molecule has 302 valence electrons. The van der Waals surface area contributed by atoms with Gasteiger partial charge < -0.3 is 14.4 Å². The van der Waals surface area contributed by atoms with Crippen LogP contribution in [0.1, 0.15) is 57.9 Å². The normalized spacial score (nSPS) is 22.6. The van der Waals surface area contributed by atoms with Gasteiger partial charge in [-0.3, -0.25) is 19.1 Å². The summed E-state index contributed by atoms with van der Waals surface area (Å²) in [6, 6.07) is 9.58. The summed E-state index contributed by atoms with van der Waals surface area (Å²) in [5.41, 5.74) is -0.363. The molecule has 2 saturated carbocycles. The number of nitrogens with one attached hydrogen (secondary N) is 1. The Bertz CT molecular complexity index is 2380. The summed E-state index contributed by atoms with van der Waals surface area (Å²) in [5.74, 6) is -1.56. The number of carbonyl (C=O) groups is 3. The number of sulfonamides is 1. The van der Waals surface area contributed by atoms with Crippen LogP contribution in [0.5, 0.6) is 11.6 Å². The quantitative estimate of drug-likeness (QED) is 0.124. The first-order valence-electron chi connectivity index (χ1n) is 18.6. The number of amides is 2. The van der Waals surface area contributed by atoms with Crippen LogP contribution < -0.4 is 14.2 Å². The number of pyridine rings is 1. The molecule has 57 heavy (non-hydrogen) atoms. The average Bonchev–Trinajstić information content (AvgIpc) is 4.05. The Morgan fingerprint density at radius 2 is 1.86 bits per heavy atom. The third-order valence-corrected chi connectivity index (χ3v) is 14.9. The number of hydrogen-bond acceptors (Lipinski definition) is 10. The van der Waals surface area contributed by atoms with Crippen molar-refractivity contribution < 1.29 is 32.3 Å². The van der Waals surface area contributed by atoms with Crippen LogP contribution in [0.3, 0.4) is 0 Å².